The molecule has 4 rings (SSSR count). The van der Waals surface area contributed by atoms with E-state index in [9.17, 15) is 9.59 Å². The summed E-state index contributed by atoms with van der Waals surface area (Å²) in [6.45, 7) is 2.99. The van der Waals surface area contributed by atoms with E-state index in [1.54, 1.807) is 0 Å². The summed E-state index contributed by atoms with van der Waals surface area (Å²) in [7, 11) is 2.05. The van der Waals surface area contributed by atoms with Crippen LogP contribution in [0.3, 0.4) is 0 Å². The Morgan fingerprint density at radius 2 is 1.68 bits per heavy atom. The second kappa shape index (κ2) is 9.75. The SMILES string of the molecule is CN1CCN(C(=O)[C@H](Cc2ccccc2)NC(=O)[C@@H]2CC(c3ccccc3)=NO2)CC1. The van der Waals surface area contributed by atoms with Crippen molar-refractivity contribution in [2.45, 2.75) is 25.0 Å². The number of likely N-dealkylation sites (N-methyl/N-ethyl adjacent to an activating group) is 1. The number of carbonyl (C=O) groups is 2. The van der Waals surface area contributed by atoms with Crippen LogP contribution in [0.4, 0.5) is 0 Å². The maximum atomic E-state index is 13.3. The first-order valence-corrected chi connectivity index (χ1v) is 10.7. The Labute approximate surface area is 182 Å². The molecule has 0 aromatic heterocycles. The molecule has 2 heterocycles. The van der Waals surface area contributed by atoms with E-state index < -0.39 is 12.1 Å². The van der Waals surface area contributed by atoms with E-state index in [0.717, 1.165) is 29.9 Å². The van der Waals surface area contributed by atoms with Gasteiger partial charge in [-0.2, -0.15) is 0 Å². The van der Waals surface area contributed by atoms with Gasteiger partial charge in [0.1, 0.15) is 6.04 Å². The van der Waals surface area contributed by atoms with Crippen LogP contribution in [0.1, 0.15) is 17.5 Å². The maximum absolute atomic E-state index is 13.3. The number of oxime groups is 1. The molecule has 0 aliphatic carbocycles. The number of piperazine rings is 1. The molecule has 1 saturated heterocycles. The molecule has 2 atom stereocenters. The second-order valence-corrected chi connectivity index (χ2v) is 8.08. The number of carbonyl (C=O) groups excluding carboxylic acids is 2. The zero-order valence-corrected chi connectivity index (χ0v) is 17.7. The molecule has 0 unspecified atom stereocenters. The molecule has 0 spiro atoms. The monoisotopic (exact) mass is 420 g/mol. The summed E-state index contributed by atoms with van der Waals surface area (Å²) >= 11 is 0. The highest BCUT2D eigenvalue weighted by atomic mass is 16.6. The van der Waals surface area contributed by atoms with Gasteiger partial charge in [-0.05, 0) is 18.2 Å². The fourth-order valence-electron chi connectivity index (χ4n) is 3.88. The average Bonchev–Trinajstić information content (AvgIpc) is 3.31. The van der Waals surface area contributed by atoms with E-state index in [4.69, 9.17) is 4.84 Å². The third-order valence-corrected chi connectivity index (χ3v) is 5.78. The van der Waals surface area contributed by atoms with Crippen molar-refractivity contribution < 1.29 is 14.4 Å². The molecule has 0 radical (unpaired) electrons. The van der Waals surface area contributed by atoms with Gasteiger partial charge in [0.15, 0.2) is 0 Å². The lowest BCUT2D eigenvalue weighted by molar-refractivity contribution is -0.140. The lowest BCUT2D eigenvalue weighted by Crippen LogP contribution is -2.56. The van der Waals surface area contributed by atoms with Crippen LogP contribution in [0.25, 0.3) is 0 Å². The van der Waals surface area contributed by atoms with Crippen LogP contribution in [-0.2, 0) is 20.8 Å². The molecular formula is C24H28N4O3. The van der Waals surface area contributed by atoms with Gasteiger partial charge in [0.2, 0.25) is 12.0 Å². The van der Waals surface area contributed by atoms with Crippen LogP contribution in [0, 0.1) is 0 Å². The summed E-state index contributed by atoms with van der Waals surface area (Å²) in [6.07, 6.45) is 0.0989. The predicted molar refractivity (Wildman–Crippen MR) is 119 cm³/mol. The summed E-state index contributed by atoms with van der Waals surface area (Å²) in [5.74, 6) is -0.356. The average molecular weight is 421 g/mol. The number of hydrogen-bond acceptors (Lipinski definition) is 5. The van der Waals surface area contributed by atoms with Crippen molar-refractivity contribution in [3.8, 4) is 0 Å². The van der Waals surface area contributed by atoms with E-state index in [1.165, 1.54) is 0 Å². The van der Waals surface area contributed by atoms with Crippen LogP contribution < -0.4 is 5.32 Å². The molecule has 1 N–H and O–H groups in total. The summed E-state index contributed by atoms with van der Waals surface area (Å²) in [6, 6.07) is 18.8. The maximum Gasteiger partial charge on any atom is 0.265 e. The van der Waals surface area contributed by atoms with Gasteiger partial charge in [0.05, 0.1) is 5.71 Å². The molecule has 31 heavy (non-hydrogen) atoms. The van der Waals surface area contributed by atoms with Crippen molar-refractivity contribution in [3.63, 3.8) is 0 Å². The van der Waals surface area contributed by atoms with E-state index in [0.29, 0.717) is 25.9 Å². The van der Waals surface area contributed by atoms with E-state index >= 15 is 0 Å². The molecule has 7 nitrogen and oxygen atoms in total. The van der Waals surface area contributed by atoms with Gasteiger partial charge in [-0.25, -0.2) is 0 Å². The van der Waals surface area contributed by atoms with Crippen LogP contribution >= 0.6 is 0 Å². The first-order chi connectivity index (χ1) is 15.1. The smallest absolute Gasteiger partial charge is 0.265 e. The summed E-state index contributed by atoms with van der Waals surface area (Å²) in [4.78, 5) is 35.7. The van der Waals surface area contributed by atoms with Crippen LogP contribution in [0.5, 0.6) is 0 Å². The summed E-state index contributed by atoms with van der Waals surface area (Å²) in [5.41, 5.74) is 2.68. The molecule has 2 aliphatic rings. The number of nitrogens with one attached hydrogen (secondary N) is 1. The number of amides is 2. The van der Waals surface area contributed by atoms with Crippen LogP contribution in [0.2, 0.25) is 0 Å². The summed E-state index contributed by atoms with van der Waals surface area (Å²) < 4.78 is 0. The highest BCUT2D eigenvalue weighted by Crippen LogP contribution is 2.17. The molecule has 2 amide bonds. The number of nitrogens with zero attached hydrogens (tertiary/aromatic N) is 3. The Bertz CT molecular complexity index is 924. The standard InChI is InChI=1S/C24H28N4O3/c1-27-12-14-28(15-13-27)24(30)21(16-18-8-4-2-5-9-18)25-23(29)22-17-20(26-31-22)19-10-6-3-7-11-19/h2-11,21-22H,12-17H2,1H3,(H,25,29)/t21-,22-/m0/s1. The minimum absolute atomic E-state index is 0.0486. The predicted octanol–water partition coefficient (Wildman–Crippen LogP) is 1.68. The third-order valence-electron chi connectivity index (χ3n) is 5.78. The fourth-order valence-corrected chi connectivity index (χ4v) is 3.88. The zero-order valence-electron chi connectivity index (χ0n) is 17.7. The molecule has 2 aromatic rings. The van der Waals surface area contributed by atoms with Crippen molar-refractivity contribution in [2.75, 3.05) is 33.2 Å². The van der Waals surface area contributed by atoms with Gasteiger partial charge in [-0.1, -0.05) is 65.8 Å². The normalized spacial score (nSPS) is 20.0. The molecule has 2 aromatic carbocycles. The number of hydrogen-bond donors (Lipinski definition) is 1. The van der Waals surface area contributed by atoms with Gasteiger partial charge in [-0.15, -0.1) is 0 Å². The quantitative estimate of drug-likeness (QED) is 0.772. The molecule has 0 saturated carbocycles. The van der Waals surface area contributed by atoms with Crippen molar-refractivity contribution in [2.24, 2.45) is 5.16 Å². The molecule has 162 valence electrons. The minimum Gasteiger partial charge on any atom is -0.382 e. The van der Waals surface area contributed by atoms with Gasteiger partial charge < -0.3 is 20.0 Å². The van der Waals surface area contributed by atoms with Crippen molar-refractivity contribution in [1.29, 1.82) is 0 Å². The van der Waals surface area contributed by atoms with E-state index in [2.05, 4.69) is 15.4 Å². The lowest BCUT2D eigenvalue weighted by atomic mass is 10.0. The Morgan fingerprint density at radius 3 is 2.35 bits per heavy atom. The fraction of sp³-hybridized carbons (Fsp3) is 0.375. The molecular weight excluding hydrogens is 392 g/mol. The Kier molecular flexibility index (Phi) is 6.62. The summed E-state index contributed by atoms with van der Waals surface area (Å²) in [5, 5.41) is 7.04. The van der Waals surface area contributed by atoms with Crippen LogP contribution in [-0.4, -0.2) is 72.7 Å². The Morgan fingerprint density at radius 1 is 1.03 bits per heavy atom. The molecule has 2 aliphatic heterocycles. The highest BCUT2D eigenvalue weighted by Gasteiger charge is 2.34. The van der Waals surface area contributed by atoms with Crippen molar-refractivity contribution in [3.05, 3.63) is 71.8 Å². The van der Waals surface area contributed by atoms with Gasteiger partial charge >= 0.3 is 0 Å². The molecule has 7 heteroatoms. The highest BCUT2D eigenvalue weighted by molar-refractivity contribution is 6.04. The first kappa shape index (κ1) is 21.1. The molecule has 0 bridgehead atoms. The lowest BCUT2D eigenvalue weighted by Gasteiger charge is -2.35. The van der Waals surface area contributed by atoms with Gasteiger partial charge in [0, 0.05) is 39.0 Å². The van der Waals surface area contributed by atoms with Crippen molar-refractivity contribution >= 4 is 17.5 Å². The Balaban J connectivity index is 1.43. The number of rotatable bonds is 6. The third kappa shape index (κ3) is 5.30. The largest absolute Gasteiger partial charge is 0.382 e. The van der Waals surface area contributed by atoms with Gasteiger partial charge in [-0.3, -0.25) is 9.59 Å². The van der Waals surface area contributed by atoms with Crippen molar-refractivity contribution in [1.82, 2.24) is 15.1 Å². The van der Waals surface area contributed by atoms with E-state index in [-0.39, 0.29) is 11.8 Å². The Hall–Kier alpha value is -3.19. The first-order valence-electron chi connectivity index (χ1n) is 10.7. The topological polar surface area (TPSA) is 74.2 Å². The zero-order chi connectivity index (χ0) is 21.6. The molecule has 1 fully saturated rings. The van der Waals surface area contributed by atoms with Crippen LogP contribution in [0.15, 0.2) is 65.8 Å². The number of benzene rings is 2. The van der Waals surface area contributed by atoms with Gasteiger partial charge in [0.25, 0.3) is 5.91 Å². The second-order valence-electron chi connectivity index (χ2n) is 8.08. The van der Waals surface area contributed by atoms with E-state index in [1.807, 2.05) is 72.6 Å². The minimum atomic E-state index is -0.728.